The van der Waals surface area contributed by atoms with Crippen LogP contribution in [0.25, 0.3) is 92.3 Å². The second-order valence-corrected chi connectivity index (χ2v) is 13.8. The Hall–Kier alpha value is -6.29. The fraction of sp³-hybridized carbons (Fsp3) is 0. The van der Waals surface area contributed by atoms with Gasteiger partial charge in [-0.3, -0.25) is 4.98 Å². The molecule has 10 rings (SSSR count). The summed E-state index contributed by atoms with van der Waals surface area (Å²) in [7, 11) is 0. The predicted molar refractivity (Wildman–Crippen MR) is 213 cm³/mol. The smallest absolute Gasteiger partial charge is 0.0781 e. The summed E-state index contributed by atoms with van der Waals surface area (Å²) >= 11 is 1.87. The Balaban J connectivity index is 1.26. The monoisotopic (exact) mass is 654 g/mol. The number of nitrogens with zero attached hydrogens (tertiary/aromatic N) is 2. The number of hydrogen-bond acceptors (Lipinski definition) is 2. The van der Waals surface area contributed by atoms with Crippen molar-refractivity contribution in [1.29, 1.82) is 0 Å². The summed E-state index contributed by atoms with van der Waals surface area (Å²) < 4.78 is 5.08. The van der Waals surface area contributed by atoms with Crippen LogP contribution in [0.4, 0.5) is 0 Å². The molecule has 0 saturated carbocycles. The van der Waals surface area contributed by atoms with Crippen LogP contribution in [0.2, 0.25) is 0 Å². The lowest BCUT2D eigenvalue weighted by Gasteiger charge is -2.14. The van der Waals surface area contributed by atoms with Crippen LogP contribution in [-0.2, 0) is 0 Å². The van der Waals surface area contributed by atoms with Gasteiger partial charge in [-0.05, 0) is 52.6 Å². The van der Waals surface area contributed by atoms with Gasteiger partial charge < -0.3 is 4.57 Å². The maximum atomic E-state index is 5.19. The highest BCUT2D eigenvalue weighted by Crippen LogP contribution is 2.43. The van der Waals surface area contributed by atoms with Crippen LogP contribution in [0.3, 0.4) is 0 Å². The molecule has 0 aliphatic carbocycles. The van der Waals surface area contributed by atoms with E-state index in [2.05, 4.69) is 180 Å². The largest absolute Gasteiger partial charge is 0.308 e. The predicted octanol–water partition coefficient (Wildman–Crippen LogP) is 13.2. The average molecular weight is 655 g/mol. The fourth-order valence-corrected chi connectivity index (χ4v) is 8.67. The lowest BCUT2D eigenvalue weighted by Crippen LogP contribution is -1.96. The molecule has 50 heavy (non-hydrogen) atoms. The molecule has 234 valence electrons. The van der Waals surface area contributed by atoms with Gasteiger partial charge in [-0.2, -0.15) is 0 Å². The minimum absolute atomic E-state index is 0.972. The Morgan fingerprint density at radius 3 is 1.70 bits per heavy atom. The van der Waals surface area contributed by atoms with Crippen molar-refractivity contribution >= 4 is 53.3 Å². The van der Waals surface area contributed by atoms with E-state index in [1.54, 1.807) is 0 Å². The van der Waals surface area contributed by atoms with E-state index in [4.69, 9.17) is 4.98 Å². The van der Waals surface area contributed by atoms with Crippen molar-refractivity contribution in [3.8, 4) is 50.3 Å². The number of pyridine rings is 1. The number of benzene rings is 7. The van der Waals surface area contributed by atoms with Gasteiger partial charge in [0.05, 0.1) is 27.1 Å². The van der Waals surface area contributed by atoms with Crippen LogP contribution in [0.1, 0.15) is 0 Å². The van der Waals surface area contributed by atoms with Gasteiger partial charge in [-0.25, -0.2) is 0 Å². The number of aromatic nitrogens is 2. The third kappa shape index (κ3) is 4.67. The molecule has 10 aromatic rings. The number of hydrogen-bond donors (Lipinski definition) is 0. The van der Waals surface area contributed by atoms with Crippen LogP contribution in [-0.4, -0.2) is 9.55 Å². The van der Waals surface area contributed by atoms with E-state index < -0.39 is 0 Å². The maximum absolute atomic E-state index is 5.19. The molecule has 7 aromatic carbocycles. The zero-order valence-corrected chi connectivity index (χ0v) is 27.9. The van der Waals surface area contributed by atoms with Crippen LogP contribution in [0, 0.1) is 0 Å². The van der Waals surface area contributed by atoms with Crippen molar-refractivity contribution in [2.24, 2.45) is 0 Å². The van der Waals surface area contributed by atoms with Crippen molar-refractivity contribution < 1.29 is 0 Å². The Bertz CT molecular complexity index is 2850. The Labute approximate surface area is 294 Å². The fourth-order valence-electron chi connectivity index (χ4n) is 7.46. The van der Waals surface area contributed by atoms with Crippen molar-refractivity contribution in [3.63, 3.8) is 0 Å². The highest BCUT2D eigenvalue weighted by atomic mass is 32.1. The van der Waals surface area contributed by atoms with Crippen LogP contribution in [0.15, 0.2) is 182 Å². The van der Waals surface area contributed by atoms with E-state index in [0.717, 1.165) is 33.5 Å². The summed E-state index contributed by atoms with van der Waals surface area (Å²) in [5.41, 5.74) is 12.6. The van der Waals surface area contributed by atoms with Gasteiger partial charge in [0.2, 0.25) is 0 Å². The number of rotatable bonds is 5. The first kappa shape index (κ1) is 28.7. The molecular weight excluding hydrogens is 625 g/mol. The van der Waals surface area contributed by atoms with Gasteiger partial charge in [-0.15, -0.1) is 11.3 Å². The van der Waals surface area contributed by atoms with Crippen molar-refractivity contribution in [2.75, 3.05) is 0 Å². The molecule has 0 N–H and O–H groups in total. The number of thiophene rings is 1. The van der Waals surface area contributed by atoms with Gasteiger partial charge in [0.25, 0.3) is 0 Å². The normalized spacial score (nSPS) is 11.6. The second kappa shape index (κ2) is 11.7. The van der Waals surface area contributed by atoms with E-state index in [0.29, 0.717) is 0 Å². The van der Waals surface area contributed by atoms with E-state index >= 15 is 0 Å². The SMILES string of the molecule is c1ccc(-c2cnc(-c3ccc4c5ccc(-c6ccccc6)cc5n(-c5cccc6c5sc5ccccc56)c4c3)c(-c3ccccc3)c2)cc1. The molecule has 3 aromatic heterocycles. The molecule has 0 aliphatic rings. The first-order chi connectivity index (χ1) is 24.8. The van der Waals surface area contributed by atoms with Gasteiger partial charge >= 0.3 is 0 Å². The Kier molecular flexibility index (Phi) is 6.71. The Morgan fingerprint density at radius 2 is 0.980 bits per heavy atom. The molecule has 0 bridgehead atoms. The molecule has 2 nitrogen and oxygen atoms in total. The number of fused-ring (bicyclic) bond motifs is 6. The standard InChI is InChI=1S/C47H30N2S/c1-4-13-31(14-5-1)34-23-25-37-38-26-24-35(46-41(33-17-8-3-9-18-33)27-36(30-48-46)32-15-6-2-7-16-32)29-44(38)49(43(37)28-34)42-21-12-20-40-39-19-10-11-22-45(39)50-47(40)42/h1-30H. The minimum Gasteiger partial charge on any atom is -0.308 e. The molecule has 0 saturated heterocycles. The van der Waals surface area contributed by atoms with E-state index in [1.807, 2.05) is 17.5 Å². The average Bonchev–Trinajstić information content (AvgIpc) is 3.74. The maximum Gasteiger partial charge on any atom is 0.0781 e. The molecular formula is C47H30N2S. The van der Waals surface area contributed by atoms with E-state index in [-0.39, 0.29) is 0 Å². The zero-order valence-electron chi connectivity index (χ0n) is 27.1. The molecule has 0 aliphatic heterocycles. The lowest BCUT2D eigenvalue weighted by atomic mass is 9.95. The summed E-state index contributed by atoms with van der Waals surface area (Å²) in [6, 6.07) is 63.4. The molecule has 0 radical (unpaired) electrons. The van der Waals surface area contributed by atoms with Crippen molar-refractivity contribution in [3.05, 3.63) is 182 Å². The summed E-state index contributed by atoms with van der Waals surface area (Å²) in [4.78, 5) is 5.19. The molecule has 0 fully saturated rings. The summed E-state index contributed by atoms with van der Waals surface area (Å²) in [5, 5.41) is 5.05. The molecule has 0 spiro atoms. The van der Waals surface area contributed by atoms with E-state index in [1.165, 1.54) is 58.8 Å². The third-order valence-electron chi connectivity index (χ3n) is 9.85. The van der Waals surface area contributed by atoms with Crippen molar-refractivity contribution in [2.45, 2.75) is 0 Å². The first-order valence-corrected chi connectivity index (χ1v) is 17.8. The molecule has 3 heterocycles. The van der Waals surface area contributed by atoms with Gasteiger partial charge in [0.1, 0.15) is 0 Å². The van der Waals surface area contributed by atoms with Gasteiger partial charge in [0, 0.05) is 49.1 Å². The molecule has 0 unspecified atom stereocenters. The van der Waals surface area contributed by atoms with Crippen molar-refractivity contribution in [1.82, 2.24) is 9.55 Å². The quantitative estimate of drug-likeness (QED) is 0.181. The second-order valence-electron chi connectivity index (χ2n) is 12.8. The molecule has 0 atom stereocenters. The molecule has 3 heteroatoms. The minimum atomic E-state index is 0.972. The third-order valence-corrected chi connectivity index (χ3v) is 11.1. The summed E-state index contributed by atoms with van der Waals surface area (Å²) in [6.07, 6.45) is 2.01. The summed E-state index contributed by atoms with van der Waals surface area (Å²) in [6.45, 7) is 0. The van der Waals surface area contributed by atoms with Crippen LogP contribution < -0.4 is 0 Å². The van der Waals surface area contributed by atoms with E-state index in [9.17, 15) is 0 Å². The highest BCUT2D eigenvalue weighted by molar-refractivity contribution is 7.26. The Morgan fingerprint density at radius 1 is 0.400 bits per heavy atom. The zero-order chi connectivity index (χ0) is 33.0. The first-order valence-electron chi connectivity index (χ1n) is 17.0. The highest BCUT2D eigenvalue weighted by Gasteiger charge is 2.19. The lowest BCUT2D eigenvalue weighted by molar-refractivity contribution is 1.20. The summed E-state index contributed by atoms with van der Waals surface area (Å²) in [5.74, 6) is 0. The molecule has 0 amide bonds. The van der Waals surface area contributed by atoms with Gasteiger partial charge in [-0.1, -0.05) is 146 Å². The van der Waals surface area contributed by atoms with Crippen LogP contribution >= 0.6 is 11.3 Å². The van der Waals surface area contributed by atoms with Gasteiger partial charge in [0.15, 0.2) is 0 Å². The topological polar surface area (TPSA) is 17.8 Å². The van der Waals surface area contributed by atoms with Crippen LogP contribution in [0.5, 0.6) is 0 Å².